The standard InChI is InChI=1S/C12H13FN2O3S/c13-9-3-1-2-8(4-9)12-15-14-11(18-12)7-19-6-10(17)5-16/h1-4,10,16-17H,5-7H2/t10-/m0/s1. The van der Waals surface area contributed by atoms with Crippen LogP contribution in [0.15, 0.2) is 28.7 Å². The lowest BCUT2D eigenvalue weighted by atomic mass is 10.2. The van der Waals surface area contributed by atoms with Crippen molar-refractivity contribution in [2.24, 2.45) is 0 Å². The van der Waals surface area contributed by atoms with Crippen molar-refractivity contribution in [2.75, 3.05) is 12.4 Å². The van der Waals surface area contributed by atoms with E-state index in [9.17, 15) is 9.50 Å². The van der Waals surface area contributed by atoms with Gasteiger partial charge in [-0.1, -0.05) is 6.07 Å². The number of nitrogens with zero attached hydrogens (tertiary/aromatic N) is 2. The lowest BCUT2D eigenvalue weighted by Gasteiger charge is -2.03. The summed E-state index contributed by atoms with van der Waals surface area (Å²) in [6.07, 6.45) is -0.754. The molecular weight excluding hydrogens is 271 g/mol. The third-order valence-corrected chi connectivity index (χ3v) is 3.36. The van der Waals surface area contributed by atoms with Gasteiger partial charge in [0.2, 0.25) is 11.8 Å². The smallest absolute Gasteiger partial charge is 0.247 e. The molecule has 0 spiro atoms. The van der Waals surface area contributed by atoms with E-state index in [0.717, 1.165) is 0 Å². The average Bonchev–Trinajstić information content (AvgIpc) is 2.87. The van der Waals surface area contributed by atoms with Gasteiger partial charge in [0.1, 0.15) is 5.82 Å². The van der Waals surface area contributed by atoms with Gasteiger partial charge in [-0.15, -0.1) is 22.0 Å². The van der Waals surface area contributed by atoms with Crippen molar-refractivity contribution in [3.05, 3.63) is 36.0 Å². The minimum Gasteiger partial charge on any atom is -0.420 e. The SMILES string of the molecule is OC[C@H](O)CSCc1nnc(-c2cccc(F)c2)o1. The van der Waals surface area contributed by atoms with E-state index in [1.165, 1.54) is 23.9 Å². The summed E-state index contributed by atoms with van der Waals surface area (Å²) in [6, 6.07) is 5.91. The highest BCUT2D eigenvalue weighted by molar-refractivity contribution is 7.98. The first-order valence-corrected chi connectivity index (χ1v) is 6.79. The molecule has 0 aliphatic rings. The number of halogens is 1. The Hall–Kier alpha value is -1.44. The number of benzene rings is 1. The average molecular weight is 284 g/mol. The fourth-order valence-corrected chi connectivity index (χ4v) is 2.17. The van der Waals surface area contributed by atoms with E-state index < -0.39 is 6.10 Å². The normalized spacial score (nSPS) is 12.6. The molecule has 0 unspecified atom stereocenters. The van der Waals surface area contributed by atoms with Crippen LogP contribution >= 0.6 is 11.8 Å². The quantitative estimate of drug-likeness (QED) is 0.836. The maximum Gasteiger partial charge on any atom is 0.247 e. The van der Waals surface area contributed by atoms with Crippen LogP contribution in [0.25, 0.3) is 11.5 Å². The van der Waals surface area contributed by atoms with E-state index in [2.05, 4.69) is 10.2 Å². The minimum absolute atomic E-state index is 0.262. The maximum atomic E-state index is 13.0. The Morgan fingerprint density at radius 1 is 1.37 bits per heavy atom. The van der Waals surface area contributed by atoms with Crippen LogP contribution < -0.4 is 0 Å². The largest absolute Gasteiger partial charge is 0.420 e. The summed E-state index contributed by atoms with van der Waals surface area (Å²) >= 11 is 1.37. The first-order chi connectivity index (χ1) is 9.19. The van der Waals surface area contributed by atoms with Crippen molar-refractivity contribution in [2.45, 2.75) is 11.9 Å². The van der Waals surface area contributed by atoms with Crippen LogP contribution in [0.2, 0.25) is 0 Å². The van der Waals surface area contributed by atoms with Gasteiger partial charge in [0.15, 0.2) is 0 Å². The molecule has 0 amide bonds. The number of rotatable bonds is 6. The molecule has 2 aromatic rings. The maximum absolute atomic E-state index is 13.0. The first-order valence-electron chi connectivity index (χ1n) is 5.64. The van der Waals surface area contributed by atoms with Crippen molar-refractivity contribution >= 4 is 11.8 Å². The Balaban J connectivity index is 1.95. The van der Waals surface area contributed by atoms with Crippen LogP contribution in [0.3, 0.4) is 0 Å². The highest BCUT2D eigenvalue weighted by atomic mass is 32.2. The zero-order valence-electron chi connectivity index (χ0n) is 9.99. The summed E-state index contributed by atoms with van der Waals surface area (Å²) in [5.74, 6) is 1.11. The zero-order valence-corrected chi connectivity index (χ0v) is 10.8. The third-order valence-electron chi connectivity index (χ3n) is 2.28. The lowest BCUT2D eigenvalue weighted by molar-refractivity contribution is 0.113. The summed E-state index contributed by atoms with van der Waals surface area (Å²) in [6.45, 7) is -0.272. The molecule has 0 saturated carbocycles. The van der Waals surface area contributed by atoms with E-state index in [4.69, 9.17) is 9.52 Å². The third kappa shape index (κ3) is 4.02. The van der Waals surface area contributed by atoms with E-state index >= 15 is 0 Å². The second-order valence-electron chi connectivity index (χ2n) is 3.86. The number of aliphatic hydroxyl groups is 2. The molecule has 1 aromatic carbocycles. The van der Waals surface area contributed by atoms with Gasteiger partial charge in [-0.05, 0) is 18.2 Å². The molecule has 2 N–H and O–H groups in total. The van der Waals surface area contributed by atoms with Crippen LogP contribution in [-0.4, -0.2) is 38.9 Å². The number of aromatic nitrogens is 2. The van der Waals surface area contributed by atoms with Gasteiger partial charge in [0.05, 0.1) is 18.5 Å². The molecule has 0 radical (unpaired) electrons. The van der Waals surface area contributed by atoms with Crippen molar-refractivity contribution < 1.29 is 19.0 Å². The summed E-state index contributed by atoms with van der Waals surface area (Å²) in [7, 11) is 0. The van der Waals surface area contributed by atoms with Crippen molar-refractivity contribution in [1.82, 2.24) is 10.2 Å². The van der Waals surface area contributed by atoms with Crippen LogP contribution in [0.1, 0.15) is 5.89 Å². The van der Waals surface area contributed by atoms with Crippen molar-refractivity contribution in [3.63, 3.8) is 0 Å². The molecule has 1 heterocycles. The molecule has 5 nitrogen and oxygen atoms in total. The molecule has 102 valence electrons. The Morgan fingerprint density at radius 3 is 2.95 bits per heavy atom. The molecule has 2 rings (SSSR count). The lowest BCUT2D eigenvalue weighted by Crippen LogP contribution is -2.14. The summed E-state index contributed by atoms with van der Waals surface area (Å²) in [5.41, 5.74) is 0.527. The van der Waals surface area contributed by atoms with Gasteiger partial charge >= 0.3 is 0 Å². The van der Waals surface area contributed by atoms with Crippen LogP contribution in [-0.2, 0) is 5.75 Å². The van der Waals surface area contributed by atoms with Crippen molar-refractivity contribution in [3.8, 4) is 11.5 Å². The van der Waals surface area contributed by atoms with Crippen LogP contribution in [0, 0.1) is 5.82 Å². The fourth-order valence-electron chi connectivity index (χ4n) is 1.39. The van der Waals surface area contributed by atoms with Gasteiger partial charge in [-0.25, -0.2) is 4.39 Å². The molecule has 0 bridgehead atoms. The predicted molar refractivity (Wildman–Crippen MR) is 68.9 cm³/mol. The molecular formula is C12H13FN2O3S. The van der Waals surface area contributed by atoms with Crippen molar-refractivity contribution in [1.29, 1.82) is 0 Å². The number of thioether (sulfide) groups is 1. The molecule has 1 atom stereocenters. The Bertz CT molecular complexity index is 535. The minimum atomic E-state index is -0.754. The first kappa shape index (κ1) is 14.0. The van der Waals surface area contributed by atoms with E-state index in [-0.39, 0.29) is 18.3 Å². The van der Waals surface area contributed by atoms with E-state index in [1.807, 2.05) is 0 Å². The highest BCUT2D eigenvalue weighted by Crippen LogP contribution is 2.20. The topological polar surface area (TPSA) is 79.4 Å². The Kier molecular flexibility index (Phi) is 4.89. The molecule has 0 fully saturated rings. The summed E-state index contributed by atoms with van der Waals surface area (Å²) < 4.78 is 18.4. The zero-order chi connectivity index (χ0) is 13.7. The second kappa shape index (κ2) is 6.65. The number of hydrogen-bond acceptors (Lipinski definition) is 6. The van der Waals surface area contributed by atoms with Gasteiger partial charge in [-0.2, -0.15) is 0 Å². The van der Waals surface area contributed by atoms with Crippen LogP contribution in [0.5, 0.6) is 0 Å². The Morgan fingerprint density at radius 2 is 2.21 bits per heavy atom. The fraction of sp³-hybridized carbons (Fsp3) is 0.333. The Labute approximate surface area is 113 Å². The van der Waals surface area contributed by atoms with E-state index in [0.29, 0.717) is 23.0 Å². The molecule has 7 heteroatoms. The van der Waals surface area contributed by atoms with Gasteiger partial charge in [-0.3, -0.25) is 0 Å². The van der Waals surface area contributed by atoms with Gasteiger partial charge in [0, 0.05) is 11.3 Å². The van der Waals surface area contributed by atoms with Gasteiger partial charge in [0.25, 0.3) is 0 Å². The monoisotopic (exact) mass is 284 g/mol. The predicted octanol–water partition coefficient (Wildman–Crippen LogP) is 1.46. The molecule has 1 aromatic heterocycles. The molecule has 0 aliphatic heterocycles. The number of aliphatic hydroxyl groups excluding tert-OH is 2. The second-order valence-corrected chi connectivity index (χ2v) is 4.89. The highest BCUT2D eigenvalue weighted by Gasteiger charge is 2.10. The molecule has 19 heavy (non-hydrogen) atoms. The molecule has 0 saturated heterocycles. The van der Waals surface area contributed by atoms with Crippen LogP contribution in [0.4, 0.5) is 4.39 Å². The molecule has 0 aliphatic carbocycles. The summed E-state index contributed by atoms with van der Waals surface area (Å²) in [4.78, 5) is 0. The van der Waals surface area contributed by atoms with Gasteiger partial charge < -0.3 is 14.6 Å². The number of hydrogen-bond donors (Lipinski definition) is 2. The summed E-state index contributed by atoms with van der Waals surface area (Å²) in [5, 5.41) is 25.5. The van der Waals surface area contributed by atoms with E-state index in [1.54, 1.807) is 12.1 Å².